The number of unbranched alkanes of at least 4 members (excludes halogenated alkanes) is 3. The Kier molecular flexibility index (Phi) is 8.48. The molecule has 1 fully saturated rings. The second kappa shape index (κ2) is 10.7. The van der Waals surface area contributed by atoms with Gasteiger partial charge >= 0.3 is 0 Å². The van der Waals surface area contributed by atoms with Crippen LogP contribution in [0.1, 0.15) is 70.4 Å². The van der Waals surface area contributed by atoms with Crippen molar-refractivity contribution in [2.75, 3.05) is 19.8 Å². The monoisotopic (exact) mass is 319 g/mol. The third-order valence-corrected chi connectivity index (χ3v) is 4.57. The third kappa shape index (κ3) is 6.52. The van der Waals surface area contributed by atoms with E-state index < -0.39 is 0 Å². The van der Waals surface area contributed by atoms with Crippen molar-refractivity contribution < 1.29 is 9.47 Å². The van der Waals surface area contributed by atoms with Crippen molar-refractivity contribution in [1.29, 1.82) is 0 Å². The van der Waals surface area contributed by atoms with Crippen molar-refractivity contribution in [3.8, 4) is 5.75 Å². The van der Waals surface area contributed by atoms with Crippen LogP contribution in [0.2, 0.25) is 0 Å². The van der Waals surface area contributed by atoms with Crippen molar-refractivity contribution in [1.82, 2.24) is 5.32 Å². The average molecular weight is 319 g/mol. The highest BCUT2D eigenvalue weighted by atomic mass is 16.5. The van der Waals surface area contributed by atoms with E-state index in [-0.39, 0.29) is 6.10 Å². The normalized spacial score (nSPS) is 19.0. The topological polar surface area (TPSA) is 30.5 Å². The van der Waals surface area contributed by atoms with Gasteiger partial charge in [0, 0.05) is 12.6 Å². The Morgan fingerprint density at radius 3 is 2.65 bits per heavy atom. The summed E-state index contributed by atoms with van der Waals surface area (Å²) in [6.45, 7) is 7.16. The molecule has 1 saturated heterocycles. The molecule has 3 nitrogen and oxygen atoms in total. The third-order valence-electron chi connectivity index (χ3n) is 4.57. The molecule has 2 atom stereocenters. The fourth-order valence-electron chi connectivity index (χ4n) is 3.09. The number of hydrogen-bond donors (Lipinski definition) is 1. The molecule has 3 heteroatoms. The van der Waals surface area contributed by atoms with E-state index in [9.17, 15) is 0 Å². The molecule has 0 saturated carbocycles. The number of rotatable bonds is 11. The van der Waals surface area contributed by atoms with Gasteiger partial charge in [0.05, 0.1) is 6.10 Å². The van der Waals surface area contributed by atoms with E-state index in [0.717, 1.165) is 38.2 Å². The highest BCUT2D eigenvalue weighted by Crippen LogP contribution is 2.21. The molecule has 2 unspecified atom stereocenters. The van der Waals surface area contributed by atoms with Gasteiger partial charge in [-0.05, 0) is 49.9 Å². The minimum atomic E-state index is 0.280. The SMILES string of the molecule is CCCCCCNC(CC)c1ccc(OCC2CCCO2)cc1. The molecule has 1 N–H and O–H groups in total. The molecule has 130 valence electrons. The predicted molar refractivity (Wildman–Crippen MR) is 96.1 cm³/mol. The van der Waals surface area contributed by atoms with E-state index in [1.165, 1.54) is 31.2 Å². The van der Waals surface area contributed by atoms with Gasteiger partial charge in [0.1, 0.15) is 12.4 Å². The van der Waals surface area contributed by atoms with E-state index in [0.29, 0.717) is 12.6 Å². The number of benzene rings is 1. The predicted octanol–water partition coefficient (Wildman–Crippen LogP) is 4.87. The maximum atomic E-state index is 5.84. The first-order valence-corrected chi connectivity index (χ1v) is 9.41. The largest absolute Gasteiger partial charge is 0.491 e. The van der Waals surface area contributed by atoms with Gasteiger partial charge in [-0.15, -0.1) is 0 Å². The lowest BCUT2D eigenvalue weighted by molar-refractivity contribution is 0.0679. The van der Waals surface area contributed by atoms with Crippen LogP contribution in [0.15, 0.2) is 24.3 Å². The Hall–Kier alpha value is -1.06. The standard InChI is InChI=1S/C20H33NO2/c1-3-5-6-7-14-21-20(4-2)17-10-12-18(13-11-17)23-16-19-9-8-15-22-19/h10-13,19-21H,3-9,14-16H2,1-2H3. The summed E-state index contributed by atoms with van der Waals surface area (Å²) in [5.41, 5.74) is 1.35. The number of nitrogens with one attached hydrogen (secondary N) is 1. The van der Waals surface area contributed by atoms with E-state index in [1.807, 2.05) is 0 Å². The zero-order chi connectivity index (χ0) is 16.3. The van der Waals surface area contributed by atoms with E-state index in [4.69, 9.17) is 9.47 Å². The Balaban J connectivity index is 1.74. The van der Waals surface area contributed by atoms with E-state index >= 15 is 0 Å². The molecular weight excluding hydrogens is 286 g/mol. The molecule has 0 bridgehead atoms. The van der Waals surface area contributed by atoms with Crippen molar-refractivity contribution in [2.24, 2.45) is 0 Å². The van der Waals surface area contributed by atoms with Crippen molar-refractivity contribution in [3.63, 3.8) is 0 Å². The maximum absolute atomic E-state index is 5.84. The molecule has 1 aliphatic rings. The molecule has 0 radical (unpaired) electrons. The van der Waals surface area contributed by atoms with Crippen LogP contribution in [0.3, 0.4) is 0 Å². The summed E-state index contributed by atoms with van der Waals surface area (Å²) in [6, 6.07) is 9.01. The van der Waals surface area contributed by atoms with Crippen LogP contribution >= 0.6 is 0 Å². The molecule has 1 heterocycles. The molecule has 2 rings (SSSR count). The summed E-state index contributed by atoms with van der Waals surface area (Å²) in [4.78, 5) is 0. The maximum Gasteiger partial charge on any atom is 0.119 e. The Labute approximate surface area is 141 Å². The Morgan fingerprint density at radius 2 is 2.00 bits per heavy atom. The lowest BCUT2D eigenvalue weighted by atomic mass is 10.0. The summed E-state index contributed by atoms with van der Waals surface area (Å²) >= 11 is 0. The van der Waals surface area contributed by atoms with Gasteiger partial charge in [0.15, 0.2) is 0 Å². The smallest absolute Gasteiger partial charge is 0.119 e. The van der Waals surface area contributed by atoms with E-state index in [2.05, 4.69) is 43.4 Å². The molecule has 1 aromatic carbocycles. The molecule has 0 aromatic heterocycles. The van der Waals surface area contributed by atoms with Gasteiger partial charge in [-0.1, -0.05) is 45.2 Å². The second-order valence-corrected chi connectivity index (χ2v) is 6.49. The average Bonchev–Trinajstić information content (AvgIpc) is 3.10. The van der Waals surface area contributed by atoms with Gasteiger partial charge in [-0.2, -0.15) is 0 Å². The zero-order valence-electron chi connectivity index (χ0n) is 14.9. The van der Waals surface area contributed by atoms with Gasteiger partial charge in [-0.3, -0.25) is 0 Å². The summed E-state index contributed by atoms with van der Waals surface area (Å²) in [6.07, 6.45) is 8.92. The molecular formula is C20H33NO2. The van der Waals surface area contributed by atoms with Gasteiger partial charge in [0.25, 0.3) is 0 Å². The van der Waals surface area contributed by atoms with Crippen LogP contribution in [0.5, 0.6) is 5.75 Å². The van der Waals surface area contributed by atoms with Gasteiger partial charge in [-0.25, -0.2) is 0 Å². The van der Waals surface area contributed by atoms with Crippen molar-refractivity contribution >= 4 is 0 Å². The Morgan fingerprint density at radius 1 is 1.17 bits per heavy atom. The first-order valence-electron chi connectivity index (χ1n) is 9.41. The molecule has 1 aromatic rings. The van der Waals surface area contributed by atoms with Crippen LogP contribution in [0.25, 0.3) is 0 Å². The van der Waals surface area contributed by atoms with Crippen molar-refractivity contribution in [2.45, 2.75) is 70.9 Å². The first-order chi connectivity index (χ1) is 11.3. The fourth-order valence-corrected chi connectivity index (χ4v) is 3.09. The first kappa shape index (κ1) is 18.3. The fraction of sp³-hybridized carbons (Fsp3) is 0.700. The van der Waals surface area contributed by atoms with Crippen LogP contribution < -0.4 is 10.1 Å². The summed E-state index contributed by atoms with van der Waals surface area (Å²) < 4.78 is 11.4. The number of hydrogen-bond acceptors (Lipinski definition) is 3. The van der Waals surface area contributed by atoms with Crippen LogP contribution in [0.4, 0.5) is 0 Å². The van der Waals surface area contributed by atoms with E-state index in [1.54, 1.807) is 0 Å². The summed E-state index contributed by atoms with van der Waals surface area (Å²) in [5.74, 6) is 0.946. The lowest BCUT2D eigenvalue weighted by Crippen LogP contribution is -2.22. The number of ether oxygens (including phenoxy) is 2. The van der Waals surface area contributed by atoms with Crippen LogP contribution in [-0.4, -0.2) is 25.9 Å². The minimum absolute atomic E-state index is 0.280. The van der Waals surface area contributed by atoms with Crippen molar-refractivity contribution in [3.05, 3.63) is 29.8 Å². The van der Waals surface area contributed by atoms with Crippen LogP contribution in [0, 0.1) is 0 Å². The summed E-state index contributed by atoms with van der Waals surface area (Å²) in [7, 11) is 0. The molecule has 0 spiro atoms. The zero-order valence-corrected chi connectivity index (χ0v) is 14.9. The Bertz CT molecular complexity index is 412. The molecule has 23 heavy (non-hydrogen) atoms. The molecule has 0 aliphatic carbocycles. The molecule has 0 amide bonds. The lowest BCUT2D eigenvalue weighted by Gasteiger charge is -2.18. The quantitative estimate of drug-likeness (QED) is 0.591. The minimum Gasteiger partial charge on any atom is -0.491 e. The highest BCUT2D eigenvalue weighted by molar-refractivity contribution is 5.29. The van der Waals surface area contributed by atoms with Gasteiger partial charge < -0.3 is 14.8 Å². The molecule has 1 aliphatic heterocycles. The highest BCUT2D eigenvalue weighted by Gasteiger charge is 2.16. The van der Waals surface area contributed by atoms with Gasteiger partial charge in [0.2, 0.25) is 0 Å². The summed E-state index contributed by atoms with van der Waals surface area (Å²) in [5, 5.41) is 3.68. The van der Waals surface area contributed by atoms with Crippen LogP contribution in [-0.2, 0) is 4.74 Å². The second-order valence-electron chi connectivity index (χ2n) is 6.49.